The molecule has 2 rings (SSSR count). The van der Waals surface area contributed by atoms with E-state index in [9.17, 15) is 0 Å². The van der Waals surface area contributed by atoms with Gasteiger partial charge in [-0.3, -0.25) is 0 Å². The third-order valence-electron chi connectivity index (χ3n) is 2.92. The molecule has 1 heterocycles. The highest BCUT2D eigenvalue weighted by Gasteiger charge is 2.05. The Morgan fingerprint density at radius 1 is 1.37 bits per heavy atom. The highest BCUT2D eigenvalue weighted by molar-refractivity contribution is 5.72. The Hall–Kier alpha value is -2.49. The number of H-pyrrole nitrogens is 1. The highest BCUT2D eigenvalue weighted by atomic mass is 16.5. The van der Waals surface area contributed by atoms with Gasteiger partial charge in [0.05, 0.1) is 7.11 Å². The number of imidazole rings is 1. The number of nitrogen functional groups attached to an aromatic ring is 1. The first-order valence-electron chi connectivity index (χ1n) is 5.96. The Morgan fingerprint density at radius 3 is 2.63 bits per heavy atom. The van der Waals surface area contributed by atoms with Crippen LogP contribution in [0.1, 0.15) is 12.5 Å². The van der Waals surface area contributed by atoms with Crippen molar-refractivity contribution < 1.29 is 4.74 Å². The van der Waals surface area contributed by atoms with Crippen molar-refractivity contribution in [3.05, 3.63) is 59.2 Å². The van der Waals surface area contributed by atoms with E-state index in [2.05, 4.69) is 16.5 Å². The summed E-state index contributed by atoms with van der Waals surface area (Å²) in [6.45, 7) is 5.73. The SMILES string of the molecule is C=C/C(c1ccccc1)=c1/nc(N)[nH]/c1=C(/C)OC. The van der Waals surface area contributed by atoms with Crippen LogP contribution in [-0.2, 0) is 4.74 Å². The first-order valence-corrected chi connectivity index (χ1v) is 5.96. The van der Waals surface area contributed by atoms with E-state index in [1.54, 1.807) is 13.2 Å². The normalized spacial score (nSPS) is 13.8. The molecule has 0 spiro atoms. The molecule has 4 nitrogen and oxygen atoms in total. The lowest BCUT2D eigenvalue weighted by Gasteiger charge is -2.01. The maximum Gasteiger partial charge on any atom is 0.198 e. The molecule has 0 aliphatic heterocycles. The van der Waals surface area contributed by atoms with Gasteiger partial charge in [-0.1, -0.05) is 43.0 Å². The number of nitrogens with zero attached hydrogens (tertiary/aromatic N) is 1. The van der Waals surface area contributed by atoms with E-state index in [0.29, 0.717) is 5.95 Å². The van der Waals surface area contributed by atoms with Crippen molar-refractivity contribution in [1.82, 2.24) is 9.97 Å². The van der Waals surface area contributed by atoms with Crippen LogP contribution >= 0.6 is 0 Å². The summed E-state index contributed by atoms with van der Waals surface area (Å²) < 4.78 is 5.26. The van der Waals surface area contributed by atoms with Crippen molar-refractivity contribution in [3.8, 4) is 0 Å². The largest absolute Gasteiger partial charge is 0.499 e. The first kappa shape index (κ1) is 13.0. The number of allylic oxidation sites excluding steroid dienone is 1. The summed E-state index contributed by atoms with van der Waals surface area (Å²) in [5.74, 6) is 1.09. The molecule has 0 fully saturated rings. The van der Waals surface area contributed by atoms with E-state index >= 15 is 0 Å². The molecule has 1 aromatic carbocycles. The lowest BCUT2D eigenvalue weighted by Crippen LogP contribution is -2.29. The quantitative estimate of drug-likeness (QED) is 0.864. The number of nitrogens with two attached hydrogens (primary N) is 1. The number of hydrogen-bond acceptors (Lipinski definition) is 3. The van der Waals surface area contributed by atoms with Crippen LogP contribution in [0, 0.1) is 0 Å². The third-order valence-corrected chi connectivity index (χ3v) is 2.92. The Labute approximate surface area is 111 Å². The summed E-state index contributed by atoms with van der Waals surface area (Å²) in [4.78, 5) is 7.36. The Morgan fingerprint density at radius 2 is 2.05 bits per heavy atom. The van der Waals surface area contributed by atoms with E-state index < -0.39 is 0 Å². The molecule has 0 saturated carbocycles. The van der Waals surface area contributed by atoms with Gasteiger partial charge in [-0.25, -0.2) is 4.98 Å². The molecule has 4 heteroatoms. The van der Waals surface area contributed by atoms with E-state index in [1.165, 1.54) is 0 Å². The van der Waals surface area contributed by atoms with E-state index in [0.717, 1.165) is 27.6 Å². The predicted molar refractivity (Wildman–Crippen MR) is 77.5 cm³/mol. The molecular formula is C15H17N3O. The van der Waals surface area contributed by atoms with Gasteiger partial charge in [-0.2, -0.15) is 0 Å². The van der Waals surface area contributed by atoms with Gasteiger partial charge in [0, 0.05) is 5.57 Å². The second-order valence-electron chi connectivity index (χ2n) is 4.09. The monoisotopic (exact) mass is 255 g/mol. The van der Waals surface area contributed by atoms with Crippen LogP contribution in [0.25, 0.3) is 11.3 Å². The molecule has 3 N–H and O–H groups in total. The molecule has 0 aliphatic carbocycles. The molecule has 0 bridgehead atoms. The molecule has 0 amide bonds. The summed E-state index contributed by atoms with van der Waals surface area (Å²) in [7, 11) is 1.62. The molecule has 0 saturated heterocycles. The van der Waals surface area contributed by atoms with Crippen LogP contribution in [0.3, 0.4) is 0 Å². The second-order valence-corrected chi connectivity index (χ2v) is 4.09. The standard InChI is InChI=1S/C15H17N3O/c1-4-12(11-8-6-5-7-9-11)14-13(10(2)19-3)17-15(16)18-14/h4-9H,1H2,2-3H3,(H3,16,17,18)/b13-10-,14-12-. The number of aromatic nitrogens is 2. The van der Waals surface area contributed by atoms with Gasteiger partial charge in [0.1, 0.15) is 16.5 Å². The Kier molecular flexibility index (Phi) is 3.71. The van der Waals surface area contributed by atoms with Crippen LogP contribution in [-0.4, -0.2) is 17.1 Å². The maximum absolute atomic E-state index is 5.76. The zero-order valence-electron chi connectivity index (χ0n) is 11.1. The molecule has 0 aliphatic rings. The number of nitrogens with one attached hydrogen (secondary N) is 1. The minimum atomic E-state index is 0.358. The number of hydrogen-bond donors (Lipinski definition) is 2. The van der Waals surface area contributed by atoms with E-state index in [-0.39, 0.29) is 0 Å². The third kappa shape index (κ3) is 2.52. The average Bonchev–Trinajstić information content (AvgIpc) is 2.82. The summed E-state index contributed by atoms with van der Waals surface area (Å²) in [5.41, 5.74) is 7.71. The second kappa shape index (κ2) is 5.44. The van der Waals surface area contributed by atoms with Gasteiger partial charge in [0.2, 0.25) is 0 Å². The van der Waals surface area contributed by atoms with Crippen molar-refractivity contribution in [2.45, 2.75) is 6.92 Å². The zero-order valence-corrected chi connectivity index (χ0v) is 11.1. The Balaban J connectivity index is 2.88. The number of rotatable bonds is 3. The smallest absolute Gasteiger partial charge is 0.198 e. The molecule has 19 heavy (non-hydrogen) atoms. The Bertz CT molecular complexity index is 699. The van der Waals surface area contributed by atoms with Gasteiger partial charge in [0.25, 0.3) is 0 Å². The molecule has 0 radical (unpaired) electrons. The number of methoxy groups -OCH3 is 1. The van der Waals surface area contributed by atoms with Crippen molar-refractivity contribution in [3.63, 3.8) is 0 Å². The first-order chi connectivity index (χ1) is 9.17. The van der Waals surface area contributed by atoms with Gasteiger partial charge < -0.3 is 15.5 Å². The number of anilines is 1. The number of benzene rings is 1. The fourth-order valence-corrected chi connectivity index (χ4v) is 1.91. The van der Waals surface area contributed by atoms with Crippen LogP contribution in [0.4, 0.5) is 5.95 Å². The fourth-order valence-electron chi connectivity index (χ4n) is 1.91. The van der Waals surface area contributed by atoms with Crippen molar-refractivity contribution in [1.29, 1.82) is 0 Å². The summed E-state index contributed by atoms with van der Waals surface area (Å²) in [5, 5.41) is 1.52. The van der Waals surface area contributed by atoms with E-state index in [1.807, 2.05) is 37.3 Å². The summed E-state index contributed by atoms with van der Waals surface area (Å²) in [6.07, 6.45) is 1.78. The number of aromatic amines is 1. The average molecular weight is 255 g/mol. The molecule has 0 unspecified atom stereocenters. The maximum atomic E-state index is 5.76. The molecule has 2 aromatic rings. The highest BCUT2D eigenvalue weighted by Crippen LogP contribution is 2.10. The van der Waals surface area contributed by atoms with E-state index in [4.69, 9.17) is 10.5 Å². The minimum Gasteiger partial charge on any atom is -0.499 e. The molecule has 1 aromatic heterocycles. The minimum absolute atomic E-state index is 0.358. The van der Waals surface area contributed by atoms with Gasteiger partial charge in [-0.05, 0) is 12.5 Å². The topological polar surface area (TPSA) is 63.9 Å². The molecule has 98 valence electrons. The van der Waals surface area contributed by atoms with Crippen molar-refractivity contribution in [2.75, 3.05) is 12.8 Å². The van der Waals surface area contributed by atoms with Crippen LogP contribution in [0.15, 0.2) is 43.0 Å². The van der Waals surface area contributed by atoms with Gasteiger partial charge in [-0.15, -0.1) is 0 Å². The lowest BCUT2D eigenvalue weighted by molar-refractivity contribution is 0.359. The predicted octanol–water partition coefficient (Wildman–Crippen LogP) is 1.15. The van der Waals surface area contributed by atoms with Crippen LogP contribution in [0.2, 0.25) is 0 Å². The fraction of sp³-hybridized carbons (Fsp3) is 0.133. The van der Waals surface area contributed by atoms with Gasteiger partial charge >= 0.3 is 0 Å². The van der Waals surface area contributed by atoms with Crippen LogP contribution < -0.4 is 16.4 Å². The summed E-state index contributed by atoms with van der Waals surface area (Å²) >= 11 is 0. The lowest BCUT2D eigenvalue weighted by atomic mass is 10.1. The van der Waals surface area contributed by atoms with Crippen LogP contribution in [0.5, 0.6) is 0 Å². The van der Waals surface area contributed by atoms with Gasteiger partial charge in [0.15, 0.2) is 5.95 Å². The van der Waals surface area contributed by atoms with Crippen molar-refractivity contribution in [2.24, 2.45) is 0 Å². The molecule has 0 atom stereocenters. The van der Waals surface area contributed by atoms with Crippen molar-refractivity contribution >= 4 is 17.3 Å². The summed E-state index contributed by atoms with van der Waals surface area (Å²) in [6, 6.07) is 9.93. The zero-order chi connectivity index (χ0) is 13.8. The number of ether oxygens (including phenoxy) is 1. The molecular weight excluding hydrogens is 238 g/mol.